The van der Waals surface area contributed by atoms with Gasteiger partial charge < -0.3 is 0 Å². The first-order valence-corrected chi connectivity index (χ1v) is 8.26. The van der Waals surface area contributed by atoms with Gasteiger partial charge in [0.2, 0.25) is 0 Å². The van der Waals surface area contributed by atoms with Gasteiger partial charge in [0.15, 0.2) is 0 Å². The third kappa shape index (κ3) is 12.1. The molecule has 0 aromatic heterocycles. The molecule has 0 rings (SSSR count). The third-order valence-corrected chi connectivity index (χ3v) is 3.88. The fraction of sp³-hybridized carbons (Fsp3) is 1.00. The van der Waals surface area contributed by atoms with Crippen LogP contribution >= 0.6 is 0 Å². The summed E-state index contributed by atoms with van der Waals surface area (Å²) in [6.07, 6.45) is 11.5. The minimum Gasteiger partial charge on any atom is -0.235 e. The second kappa shape index (κ2) is 11.0. The molecule has 0 amide bonds. The quantitative estimate of drug-likeness (QED) is 0.332. The Morgan fingerprint density at radius 3 is 1.65 bits per heavy atom. The molecule has 0 bridgehead atoms. The molecule has 0 aromatic carbocycles. The van der Waals surface area contributed by atoms with Crippen molar-refractivity contribution in [2.24, 2.45) is 0 Å². The van der Waals surface area contributed by atoms with Crippen molar-refractivity contribution >= 4 is 10.1 Å². The zero-order valence-electron chi connectivity index (χ0n) is 10.9. The molecule has 0 radical (unpaired) electrons. The summed E-state index contributed by atoms with van der Waals surface area (Å²) < 4.78 is 24.9. The molecule has 0 fully saturated rings. The van der Waals surface area contributed by atoms with Crippen LogP contribution in [0.2, 0.25) is 0 Å². The van der Waals surface area contributed by atoms with Crippen LogP contribution in [0.25, 0.3) is 0 Å². The lowest BCUT2D eigenvalue weighted by Crippen LogP contribution is -2.07. The molecule has 0 aliphatic rings. The lowest BCUT2D eigenvalue weighted by Gasteiger charge is -2.02. The van der Waals surface area contributed by atoms with Crippen molar-refractivity contribution in [1.29, 1.82) is 0 Å². The largest absolute Gasteiger partial charge is 0.293 e. The first-order chi connectivity index (χ1) is 8.12. The first-order valence-electron chi connectivity index (χ1n) is 6.68. The van der Waals surface area contributed by atoms with Crippen molar-refractivity contribution in [3.63, 3.8) is 0 Å². The molecule has 4 nitrogen and oxygen atoms in total. The maximum absolute atomic E-state index is 10.8. The highest BCUT2D eigenvalue weighted by Gasteiger charge is 2.08. The molecule has 0 aromatic rings. The van der Waals surface area contributed by atoms with E-state index in [2.05, 4.69) is 11.3 Å². The third-order valence-electron chi connectivity index (χ3n) is 2.86. The molecule has 0 heterocycles. The zero-order valence-corrected chi connectivity index (χ0v) is 11.7. The van der Waals surface area contributed by atoms with Crippen molar-refractivity contribution in [2.45, 2.75) is 71.1 Å². The molecule has 0 spiro atoms. The monoisotopic (exact) mass is 266 g/mol. The number of hydrogen-bond acceptors (Lipinski definition) is 4. The Hall–Kier alpha value is -0.130. The smallest absolute Gasteiger partial charge is 0.235 e. The van der Waals surface area contributed by atoms with Gasteiger partial charge in [0, 0.05) is 0 Å². The topological polar surface area (TPSA) is 63.6 Å². The first kappa shape index (κ1) is 16.9. The van der Waals surface area contributed by atoms with Gasteiger partial charge in [0.25, 0.3) is 10.1 Å². The molecule has 17 heavy (non-hydrogen) atoms. The van der Waals surface area contributed by atoms with Crippen LogP contribution in [0.3, 0.4) is 0 Å². The fourth-order valence-corrected chi connectivity index (χ4v) is 2.44. The molecular formula is C12H26O4S. The molecule has 0 saturated heterocycles. The number of rotatable bonds is 12. The number of unbranched alkanes of at least 4 members (excludes halogenated alkanes) is 9. The Kier molecular flexibility index (Phi) is 10.9. The summed E-state index contributed by atoms with van der Waals surface area (Å²) in [5, 5.41) is 8.05. The molecular weight excluding hydrogens is 240 g/mol. The van der Waals surface area contributed by atoms with Crippen molar-refractivity contribution in [2.75, 3.05) is 5.75 Å². The highest BCUT2D eigenvalue weighted by Crippen LogP contribution is 2.11. The van der Waals surface area contributed by atoms with E-state index in [4.69, 9.17) is 5.26 Å². The molecule has 0 unspecified atom stereocenters. The lowest BCUT2D eigenvalue weighted by molar-refractivity contribution is -0.130. The summed E-state index contributed by atoms with van der Waals surface area (Å²) in [6.45, 7) is 2.21. The van der Waals surface area contributed by atoms with E-state index in [9.17, 15) is 8.42 Å². The Balaban J connectivity index is 3.14. The van der Waals surface area contributed by atoms with Crippen LogP contribution in [0.4, 0.5) is 0 Å². The van der Waals surface area contributed by atoms with Crippen LogP contribution in [0.15, 0.2) is 0 Å². The van der Waals surface area contributed by atoms with Gasteiger partial charge in [0.05, 0.1) is 5.75 Å². The van der Waals surface area contributed by atoms with Gasteiger partial charge in [-0.2, -0.15) is 8.42 Å². The molecule has 1 N–H and O–H groups in total. The van der Waals surface area contributed by atoms with E-state index in [1.54, 1.807) is 0 Å². The second-order valence-electron chi connectivity index (χ2n) is 4.52. The summed E-state index contributed by atoms with van der Waals surface area (Å²) in [6, 6.07) is 0. The van der Waals surface area contributed by atoms with E-state index in [0.29, 0.717) is 6.42 Å². The average Bonchev–Trinajstić information content (AvgIpc) is 2.31. The van der Waals surface area contributed by atoms with Crippen LogP contribution in [-0.2, 0) is 14.5 Å². The molecule has 0 aliphatic heterocycles. The van der Waals surface area contributed by atoms with E-state index in [1.807, 2.05) is 0 Å². The van der Waals surface area contributed by atoms with Gasteiger partial charge in [0.1, 0.15) is 0 Å². The van der Waals surface area contributed by atoms with Gasteiger partial charge in [-0.3, -0.25) is 0 Å². The predicted octanol–water partition coefficient (Wildman–Crippen LogP) is 3.73. The van der Waals surface area contributed by atoms with Gasteiger partial charge in [-0.05, 0) is 6.42 Å². The van der Waals surface area contributed by atoms with E-state index in [1.165, 1.54) is 44.9 Å². The number of hydrogen-bond donors (Lipinski definition) is 1. The highest BCUT2D eigenvalue weighted by atomic mass is 32.2. The summed E-state index contributed by atoms with van der Waals surface area (Å²) in [5.74, 6) is -0.0833. The van der Waals surface area contributed by atoms with Gasteiger partial charge in [-0.25, -0.2) is 5.26 Å². The van der Waals surface area contributed by atoms with Crippen LogP contribution in [0.1, 0.15) is 71.1 Å². The average molecular weight is 266 g/mol. The van der Waals surface area contributed by atoms with Crippen molar-refractivity contribution in [1.82, 2.24) is 0 Å². The minimum atomic E-state index is -3.67. The normalized spacial score (nSPS) is 11.9. The molecule has 104 valence electrons. The van der Waals surface area contributed by atoms with Crippen LogP contribution < -0.4 is 0 Å². The van der Waals surface area contributed by atoms with Gasteiger partial charge in [-0.15, -0.1) is 4.33 Å². The summed E-state index contributed by atoms with van der Waals surface area (Å²) in [4.78, 5) is 0. The van der Waals surface area contributed by atoms with E-state index in [0.717, 1.165) is 12.8 Å². The zero-order chi connectivity index (χ0) is 13.0. The fourth-order valence-electron chi connectivity index (χ4n) is 1.80. The summed E-state index contributed by atoms with van der Waals surface area (Å²) in [7, 11) is -3.67. The molecule has 0 saturated carbocycles. The van der Waals surface area contributed by atoms with E-state index in [-0.39, 0.29) is 5.75 Å². The van der Waals surface area contributed by atoms with Crippen molar-refractivity contribution in [3.05, 3.63) is 0 Å². The van der Waals surface area contributed by atoms with Crippen LogP contribution in [-0.4, -0.2) is 19.4 Å². The molecule has 0 aliphatic carbocycles. The van der Waals surface area contributed by atoms with Gasteiger partial charge >= 0.3 is 0 Å². The highest BCUT2D eigenvalue weighted by molar-refractivity contribution is 7.86. The summed E-state index contributed by atoms with van der Waals surface area (Å²) >= 11 is 0. The molecule has 0 atom stereocenters. The predicted molar refractivity (Wildman–Crippen MR) is 69.3 cm³/mol. The van der Waals surface area contributed by atoms with Crippen LogP contribution in [0, 0.1) is 0 Å². The Bertz CT molecular complexity index is 249. The standard InChI is InChI=1S/C12H26O4S/c1-2-3-4-5-6-7-8-9-10-11-12-17(14,15)16-13/h13H,2-12H2,1H3. The SMILES string of the molecule is CCCCCCCCCCCCS(=O)(=O)OO. The summed E-state index contributed by atoms with van der Waals surface area (Å²) in [5.41, 5.74) is 0. The van der Waals surface area contributed by atoms with Gasteiger partial charge in [-0.1, -0.05) is 64.7 Å². The van der Waals surface area contributed by atoms with Crippen LogP contribution in [0.5, 0.6) is 0 Å². The van der Waals surface area contributed by atoms with E-state index < -0.39 is 10.1 Å². The second-order valence-corrected chi connectivity index (χ2v) is 6.19. The minimum absolute atomic E-state index is 0.0833. The lowest BCUT2D eigenvalue weighted by atomic mass is 10.1. The Morgan fingerprint density at radius 2 is 1.24 bits per heavy atom. The maximum Gasteiger partial charge on any atom is 0.293 e. The van der Waals surface area contributed by atoms with E-state index >= 15 is 0 Å². The Morgan fingerprint density at radius 1 is 0.824 bits per heavy atom. The van der Waals surface area contributed by atoms with Crippen molar-refractivity contribution < 1.29 is 18.0 Å². The van der Waals surface area contributed by atoms with Crippen molar-refractivity contribution in [3.8, 4) is 0 Å². The molecule has 5 heteroatoms. The maximum atomic E-state index is 10.8. The Labute approximate surface area is 105 Å².